The van der Waals surface area contributed by atoms with E-state index in [1.807, 2.05) is 17.5 Å². The molecule has 0 aliphatic rings. The summed E-state index contributed by atoms with van der Waals surface area (Å²) in [6.45, 7) is 0.687. The lowest BCUT2D eigenvalue weighted by Gasteiger charge is -1.97. The van der Waals surface area contributed by atoms with Gasteiger partial charge in [0.25, 0.3) is 0 Å². The maximum Gasteiger partial charge on any atom is 0.138 e. The van der Waals surface area contributed by atoms with E-state index in [1.54, 1.807) is 11.3 Å². The van der Waals surface area contributed by atoms with Gasteiger partial charge in [0.05, 0.1) is 0 Å². The fourth-order valence-electron chi connectivity index (χ4n) is 1.16. The average Bonchev–Trinajstić information content (AvgIpc) is 2.57. The molecule has 0 aliphatic carbocycles. The Balaban J connectivity index is 2.18. The van der Waals surface area contributed by atoms with Gasteiger partial charge in [0.15, 0.2) is 0 Å². The molecule has 1 heterocycles. The van der Waals surface area contributed by atoms with Crippen LogP contribution in [-0.2, 0) is 11.2 Å². The molecule has 1 aromatic heterocycles. The van der Waals surface area contributed by atoms with Crippen LogP contribution < -0.4 is 5.73 Å². The summed E-state index contributed by atoms with van der Waals surface area (Å²) in [7, 11) is 0. The molecule has 13 heavy (non-hydrogen) atoms. The lowest BCUT2D eigenvalue weighted by atomic mass is 10.1. The number of Topliss-reactive ketones (excluding diaryl/α,β-unsaturated/α-hetero) is 1. The van der Waals surface area contributed by atoms with E-state index in [-0.39, 0.29) is 0 Å². The molecule has 0 unspecified atom stereocenters. The highest BCUT2D eigenvalue weighted by molar-refractivity contribution is 7.10. The number of nitrogens with two attached hydrogens (primary N) is 1. The first kappa shape index (κ1) is 10.4. The van der Waals surface area contributed by atoms with Crippen LogP contribution in [0.5, 0.6) is 0 Å². The highest BCUT2D eigenvalue weighted by Gasteiger charge is 2.03. The van der Waals surface area contributed by atoms with E-state index in [4.69, 9.17) is 5.73 Å². The summed E-state index contributed by atoms with van der Waals surface area (Å²) >= 11 is 1.64. The Bertz CT molecular complexity index is 243. The normalized spacial score (nSPS) is 10.2. The van der Waals surface area contributed by atoms with Gasteiger partial charge < -0.3 is 5.73 Å². The highest BCUT2D eigenvalue weighted by Crippen LogP contribution is 2.11. The molecule has 0 aromatic carbocycles. The molecule has 0 saturated heterocycles. The van der Waals surface area contributed by atoms with E-state index < -0.39 is 0 Å². The second-order valence-electron chi connectivity index (χ2n) is 3.04. The maximum absolute atomic E-state index is 11.4. The second kappa shape index (κ2) is 5.89. The van der Waals surface area contributed by atoms with Crippen LogP contribution in [0.3, 0.4) is 0 Å². The number of hydrogen-bond acceptors (Lipinski definition) is 3. The smallest absolute Gasteiger partial charge is 0.138 e. The molecule has 2 N–H and O–H groups in total. The van der Waals surface area contributed by atoms with E-state index in [0.29, 0.717) is 25.2 Å². The quantitative estimate of drug-likeness (QED) is 0.709. The summed E-state index contributed by atoms with van der Waals surface area (Å²) < 4.78 is 0. The Morgan fingerprint density at radius 2 is 2.31 bits per heavy atom. The predicted molar refractivity (Wildman–Crippen MR) is 55.9 cm³/mol. The van der Waals surface area contributed by atoms with Crippen molar-refractivity contribution in [2.24, 2.45) is 5.73 Å². The van der Waals surface area contributed by atoms with Gasteiger partial charge in [0, 0.05) is 17.7 Å². The fourth-order valence-corrected chi connectivity index (χ4v) is 1.90. The number of hydrogen-bond donors (Lipinski definition) is 1. The molecular weight excluding hydrogens is 182 g/mol. The minimum Gasteiger partial charge on any atom is -0.330 e. The summed E-state index contributed by atoms with van der Waals surface area (Å²) in [5, 5.41) is 2.00. The topological polar surface area (TPSA) is 43.1 Å². The van der Waals surface area contributed by atoms with Crippen LogP contribution in [0, 0.1) is 0 Å². The molecule has 2 nitrogen and oxygen atoms in total. The average molecular weight is 197 g/mol. The van der Waals surface area contributed by atoms with Crippen molar-refractivity contribution in [3.63, 3.8) is 0 Å². The molecule has 0 amide bonds. The van der Waals surface area contributed by atoms with Crippen LogP contribution in [0.25, 0.3) is 0 Å². The molecule has 0 aliphatic heterocycles. The Labute approximate surface area is 82.8 Å². The maximum atomic E-state index is 11.4. The van der Waals surface area contributed by atoms with E-state index >= 15 is 0 Å². The van der Waals surface area contributed by atoms with E-state index in [1.165, 1.54) is 0 Å². The van der Waals surface area contributed by atoms with Crippen molar-refractivity contribution in [1.29, 1.82) is 0 Å². The minimum atomic E-state index is 0.330. The zero-order chi connectivity index (χ0) is 9.52. The molecule has 0 bridgehead atoms. The van der Waals surface area contributed by atoms with Crippen LogP contribution in [0.1, 0.15) is 24.1 Å². The van der Waals surface area contributed by atoms with E-state index in [0.717, 1.165) is 17.7 Å². The van der Waals surface area contributed by atoms with Gasteiger partial charge in [-0.1, -0.05) is 6.07 Å². The number of carbonyl (C=O) groups is 1. The molecule has 1 rings (SSSR count). The Morgan fingerprint density at radius 3 is 2.92 bits per heavy atom. The monoisotopic (exact) mass is 197 g/mol. The van der Waals surface area contributed by atoms with Gasteiger partial charge in [0.1, 0.15) is 5.78 Å². The second-order valence-corrected chi connectivity index (χ2v) is 4.07. The van der Waals surface area contributed by atoms with Crippen molar-refractivity contribution in [3.8, 4) is 0 Å². The largest absolute Gasteiger partial charge is 0.330 e. The van der Waals surface area contributed by atoms with Gasteiger partial charge >= 0.3 is 0 Å². The molecule has 0 fully saturated rings. The zero-order valence-electron chi connectivity index (χ0n) is 7.66. The third-order valence-corrected chi connectivity index (χ3v) is 2.74. The summed E-state index contributed by atoms with van der Waals surface area (Å²) in [6, 6.07) is 3.98. The SMILES string of the molecule is NCCCCC(=O)Cc1cccs1. The lowest BCUT2D eigenvalue weighted by Crippen LogP contribution is -2.04. The number of thiophene rings is 1. The first-order valence-electron chi connectivity index (χ1n) is 4.57. The molecule has 3 heteroatoms. The molecule has 0 saturated carbocycles. The summed E-state index contributed by atoms with van der Waals surface area (Å²) in [4.78, 5) is 12.5. The minimum absolute atomic E-state index is 0.330. The van der Waals surface area contributed by atoms with Crippen LogP contribution in [0.2, 0.25) is 0 Å². The predicted octanol–water partition coefficient (Wildman–Crippen LogP) is 1.99. The third-order valence-electron chi connectivity index (χ3n) is 1.86. The van der Waals surface area contributed by atoms with Gasteiger partial charge in [-0.2, -0.15) is 0 Å². The standard InChI is InChI=1S/C10H15NOS/c11-6-2-1-4-9(12)8-10-5-3-7-13-10/h3,5,7H,1-2,4,6,8,11H2. The number of rotatable bonds is 6. The van der Waals surface area contributed by atoms with Crippen molar-refractivity contribution < 1.29 is 4.79 Å². The van der Waals surface area contributed by atoms with E-state index in [2.05, 4.69) is 0 Å². The molecule has 1 aromatic rings. The van der Waals surface area contributed by atoms with Crippen molar-refractivity contribution in [1.82, 2.24) is 0 Å². The van der Waals surface area contributed by atoms with Gasteiger partial charge in [0.2, 0.25) is 0 Å². The number of unbranched alkanes of at least 4 members (excludes halogenated alkanes) is 1. The highest BCUT2D eigenvalue weighted by atomic mass is 32.1. The van der Waals surface area contributed by atoms with Crippen LogP contribution in [0.15, 0.2) is 17.5 Å². The molecule has 0 spiro atoms. The van der Waals surface area contributed by atoms with E-state index in [9.17, 15) is 4.79 Å². The Hall–Kier alpha value is -0.670. The Kier molecular flexibility index (Phi) is 4.72. The van der Waals surface area contributed by atoms with Crippen molar-refractivity contribution in [3.05, 3.63) is 22.4 Å². The van der Waals surface area contributed by atoms with Crippen LogP contribution in [0.4, 0.5) is 0 Å². The van der Waals surface area contributed by atoms with Gasteiger partial charge in [-0.05, 0) is 30.8 Å². The zero-order valence-corrected chi connectivity index (χ0v) is 8.48. The van der Waals surface area contributed by atoms with Crippen molar-refractivity contribution in [2.45, 2.75) is 25.7 Å². The van der Waals surface area contributed by atoms with Crippen LogP contribution in [-0.4, -0.2) is 12.3 Å². The van der Waals surface area contributed by atoms with Gasteiger partial charge in [-0.15, -0.1) is 11.3 Å². The molecule has 72 valence electrons. The number of carbonyl (C=O) groups excluding carboxylic acids is 1. The molecule has 0 atom stereocenters. The Morgan fingerprint density at radius 1 is 1.46 bits per heavy atom. The summed E-state index contributed by atoms with van der Waals surface area (Å²) in [5.74, 6) is 0.330. The first-order valence-corrected chi connectivity index (χ1v) is 5.45. The summed E-state index contributed by atoms with van der Waals surface area (Å²) in [5.41, 5.74) is 5.34. The van der Waals surface area contributed by atoms with Crippen molar-refractivity contribution >= 4 is 17.1 Å². The van der Waals surface area contributed by atoms with Crippen LogP contribution >= 0.6 is 11.3 Å². The first-order chi connectivity index (χ1) is 6.33. The lowest BCUT2D eigenvalue weighted by molar-refractivity contribution is -0.118. The molecular formula is C10H15NOS. The molecule has 0 radical (unpaired) electrons. The third kappa shape index (κ3) is 4.20. The van der Waals surface area contributed by atoms with Gasteiger partial charge in [-0.25, -0.2) is 0 Å². The summed E-state index contributed by atoms with van der Waals surface area (Å²) in [6.07, 6.45) is 3.16. The van der Waals surface area contributed by atoms with Crippen molar-refractivity contribution in [2.75, 3.05) is 6.54 Å². The number of ketones is 1. The van der Waals surface area contributed by atoms with Gasteiger partial charge in [-0.3, -0.25) is 4.79 Å². The fraction of sp³-hybridized carbons (Fsp3) is 0.500.